The van der Waals surface area contributed by atoms with Gasteiger partial charge in [0, 0.05) is 17.5 Å². The molecule has 220 valence electrons. The van der Waals surface area contributed by atoms with E-state index in [4.69, 9.17) is 31.7 Å². The monoisotopic (exact) mass is 611 g/mol. The minimum Gasteiger partial charge on any atom is -0.481 e. The van der Waals surface area contributed by atoms with E-state index in [0.29, 0.717) is 36.3 Å². The maximum atomic E-state index is 10.9. The summed E-state index contributed by atoms with van der Waals surface area (Å²) < 4.78 is 29.6. The molecule has 0 fully saturated rings. The summed E-state index contributed by atoms with van der Waals surface area (Å²) in [6.45, 7) is 6.15. The molecule has 2 rings (SSSR count). The third kappa shape index (κ3) is 9.89. The first-order chi connectivity index (χ1) is 19.0. The van der Waals surface area contributed by atoms with E-state index in [0.717, 1.165) is 18.4 Å². The molecule has 40 heavy (non-hydrogen) atoms. The van der Waals surface area contributed by atoms with Gasteiger partial charge < -0.3 is 19.5 Å². The van der Waals surface area contributed by atoms with Crippen molar-refractivity contribution >= 4 is 33.1 Å². The van der Waals surface area contributed by atoms with E-state index in [1.165, 1.54) is 0 Å². The topological polar surface area (TPSA) is 150 Å². The Kier molecular flexibility index (Phi) is 13.6. The van der Waals surface area contributed by atoms with Gasteiger partial charge in [-0.2, -0.15) is 5.10 Å². The van der Waals surface area contributed by atoms with Gasteiger partial charge in [0.1, 0.15) is 11.5 Å². The molecular formula is C26H39N5O6P2S. The fraction of sp³-hybridized carbons (Fsp3) is 0.500. The SMILES string of the molecule is CCCCC(C)(N=[N+]=[N-])Oc1ccc(/C=N/N(C)[PH](=S)C(CC)(CC)Oc2ccc(C(O)O[PH](=O)O)cc2)cc1. The number of azide groups is 1. The lowest BCUT2D eigenvalue weighted by Gasteiger charge is -2.37. The predicted molar refractivity (Wildman–Crippen MR) is 163 cm³/mol. The highest BCUT2D eigenvalue weighted by Crippen LogP contribution is 2.48. The molecule has 0 heterocycles. The summed E-state index contributed by atoms with van der Waals surface area (Å²) in [4.78, 5) is 11.8. The minimum absolute atomic E-state index is 0.337. The van der Waals surface area contributed by atoms with Crippen LogP contribution in [-0.4, -0.2) is 39.1 Å². The van der Waals surface area contributed by atoms with Crippen molar-refractivity contribution < 1.29 is 28.6 Å². The molecule has 0 spiro atoms. The van der Waals surface area contributed by atoms with Gasteiger partial charge in [-0.25, -0.2) is 0 Å². The van der Waals surface area contributed by atoms with Crippen molar-refractivity contribution in [3.8, 4) is 11.5 Å². The average Bonchev–Trinajstić information content (AvgIpc) is 2.94. The van der Waals surface area contributed by atoms with E-state index in [-0.39, 0.29) is 0 Å². The smallest absolute Gasteiger partial charge is 0.319 e. The third-order valence-corrected chi connectivity index (χ3v) is 11.0. The van der Waals surface area contributed by atoms with Crippen LogP contribution in [0.15, 0.2) is 58.7 Å². The van der Waals surface area contributed by atoms with E-state index in [2.05, 4.69) is 26.6 Å². The lowest BCUT2D eigenvalue weighted by Crippen LogP contribution is -2.33. The highest BCUT2D eigenvalue weighted by atomic mass is 32.4. The van der Waals surface area contributed by atoms with Gasteiger partial charge in [0.2, 0.25) is 0 Å². The summed E-state index contributed by atoms with van der Waals surface area (Å²) in [7, 11) is -1.43. The number of hydrazone groups is 1. The van der Waals surface area contributed by atoms with Crippen LogP contribution in [0.1, 0.15) is 77.2 Å². The predicted octanol–water partition coefficient (Wildman–Crippen LogP) is 7.12. The fourth-order valence-electron chi connectivity index (χ4n) is 3.93. The molecule has 0 saturated heterocycles. The molecule has 11 nitrogen and oxygen atoms in total. The van der Waals surface area contributed by atoms with Crippen molar-refractivity contribution in [2.45, 2.75) is 77.2 Å². The van der Waals surface area contributed by atoms with Crippen LogP contribution in [0, 0.1) is 0 Å². The molecule has 0 amide bonds. The second kappa shape index (κ2) is 16.1. The number of nitrogens with zero attached hydrogens (tertiary/aromatic N) is 5. The zero-order chi connectivity index (χ0) is 29.8. The van der Waals surface area contributed by atoms with Gasteiger partial charge in [0.15, 0.2) is 17.4 Å². The number of unbranched alkanes of at least 4 members (excludes halogenated alkanes) is 1. The van der Waals surface area contributed by atoms with Crippen LogP contribution in [-0.2, 0) is 20.9 Å². The maximum absolute atomic E-state index is 10.9. The van der Waals surface area contributed by atoms with Crippen LogP contribution in [0.2, 0.25) is 0 Å². The first-order valence-electron chi connectivity index (χ1n) is 13.1. The standard InChI is InChI=1S/C26H39N5O6P2S/c1-6-9-18-25(4,29-30-27)35-22-14-10-20(11-15-22)19-28-31(5)38(40)26(7-2,8-3)36-23-16-12-21(13-17-23)24(32)37-39(33)34/h10-17,19,24,32,38-39H,6-9,18H2,1-5H3,(H,33,34)/b28-19+. The van der Waals surface area contributed by atoms with E-state index in [9.17, 15) is 9.67 Å². The Bertz CT molecular complexity index is 1210. The normalized spacial score (nSPS) is 15.5. The molecule has 0 aliphatic rings. The first-order valence-corrected chi connectivity index (χ1v) is 16.9. The van der Waals surface area contributed by atoms with Crippen LogP contribution in [0.3, 0.4) is 0 Å². The van der Waals surface area contributed by atoms with E-state index < -0.39 is 32.5 Å². The molecule has 2 aromatic carbocycles. The molecule has 0 aromatic heterocycles. The molecule has 2 N–H and O–H groups in total. The van der Waals surface area contributed by atoms with E-state index in [1.807, 2.05) is 45.2 Å². The Labute approximate surface area is 242 Å². The average molecular weight is 612 g/mol. The van der Waals surface area contributed by atoms with Gasteiger partial charge in [-0.05, 0) is 85.2 Å². The number of aliphatic hydroxyl groups is 1. The lowest BCUT2D eigenvalue weighted by molar-refractivity contribution is -0.0208. The third-order valence-electron chi connectivity index (χ3n) is 6.37. The molecule has 0 saturated carbocycles. The summed E-state index contributed by atoms with van der Waals surface area (Å²) >= 11 is 5.97. The number of benzene rings is 2. The van der Waals surface area contributed by atoms with Gasteiger partial charge >= 0.3 is 8.25 Å². The molecule has 0 radical (unpaired) electrons. The van der Waals surface area contributed by atoms with Crippen molar-refractivity contribution in [2.24, 2.45) is 10.2 Å². The lowest BCUT2D eigenvalue weighted by atomic mass is 10.1. The Morgan fingerprint density at radius 1 is 1.10 bits per heavy atom. The Morgan fingerprint density at radius 3 is 2.20 bits per heavy atom. The molecule has 0 aliphatic carbocycles. The van der Waals surface area contributed by atoms with Crippen molar-refractivity contribution in [3.05, 3.63) is 70.1 Å². The summed E-state index contributed by atoms with van der Waals surface area (Å²) in [6.07, 6.45) is 4.03. The highest BCUT2D eigenvalue weighted by molar-refractivity contribution is 8.04. The Balaban J connectivity index is 2.11. The molecule has 14 heteroatoms. The van der Waals surface area contributed by atoms with Crippen molar-refractivity contribution in [3.63, 3.8) is 0 Å². The van der Waals surface area contributed by atoms with Crippen molar-refractivity contribution in [1.82, 2.24) is 4.78 Å². The number of aliphatic hydroxyl groups excluding tert-OH is 1. The minimum atomic E-state index is -3.27. The Morgan fingerprint density at radius 2 is 1.68 bits per heavy atom. The van der Waals surface area contributed by atoms with Gasteiger partial charge in [-0.15, -0.1) is 0 Å². The summed E-state index contributed by atoms with van der Waals surface area (Å²) in [6, 6.07) is 13.9. The molecule has 4 unspecified atom stereocenters. The van der Waals surface area contributed by atoms with Gasteiger partial charge in [-0.3, -0.25) is 13.9 Å². The largest absolute Gasteiger partial charge is 0.481 e. The van der Waals surface area contributed by atoms with Gasteiger partial charge in [0.25, 0.3) is 0 Å². The maximum Gasteiger partial charge on any atom is 0.319 e. The van der Waals surface area contributed by atoms with Crippen LogP contribution in [0.4, 0.5) is 0 Å². The van der Waals surface area contributed by atoms with Crippen LogP contribution >= 0.6 is 15.1 Å². The summed E-state index contributed by atoms with van der Waals surface area (Å²) in [5.74, 6) is 1.16. The summed E-state index contributed by atoms with van der Waals surface area (Å²) in [5.41, 5.74) is 9.18. The second-order valence-electron chi connectivity index (χ2n) is 9.32. The molecule has 0 aliphatic heterocycles. The number of hydrogen-bond acceptors (Lipinski definition) is 8. The summed E-state index contributed by atoms with van der Waals surface area (Å²) in [5, 5.41) is 17.7. The number of hydrogen-bond donors (Lipinski definition) is 2. The van der Waals surface area contributed by atoms with E-state index in [1.54, 1.807) is 42.2 Å². The molecule has 0 bridgehead atoms. The van der Waals surface area contributed by atoms with E-state index >= 15 is 0 Å². The Hall–Kier alpha value is -2.42. The van der Waals surface area contributed by atoms with Crippen LogP contribution < -0.4 is 9.47 Å². The van der Waals surface area contributed by atoms with Crippen LogP contribution in [0.5, 0.6) is 11.5 Å². The fourth-order valence-corrected chi connectivity index (χ4v) is 6.95. The highest BCUT2D eigenvalue weighted by Gasteiger charge is 2.35. The van der Waals surface area contributed by atoms with Gasteiger partial charge in [0.05, 0.1) is 13.1 Å². The molecular weight excluding hydrogens is 572 g/mol. The number of ether oxygens (including phenoxy) is 2. The van der Waals surface area contributed by atoms with Crippen LogP contribution in [0.25, 0.3) is 10.4 Å². The quantitative estimate of drug-likeness (QED) is 0.0365. The molecule has 4 atom stereocenters. The first kappa shape index (κ1) is 33.8. The second-order valence-corrected chi connectivity index (χ2v) is 13.4. The van der Waals surface area contributed by atoms with Crippen molar-refractivity contribution in [1.29, 1.82) is 0 Å². The number of rotatable bonds is 17. The zero-order valence-corrected chi connectivity index (χ0v) is 26.3. The zero-order valence-electron chi connectivity index (χ0n) is 23.5. The molecule has 2 aromatic rings. The van der Waals surface area contributed by atoms with Gasteiger partial charge in [-0.1, -0.05) is 51.1 Å². The van der Waals surface area contributed by atoms with Crippen molar-refractivity contribution in [2.75, 3.05) is 7.05 Å².